The molecule has 6 heteroatoms. The van der Waals surface area contributed by atoms with Crippen LogP contribution in [0.4, 0.5) is 9.52 Å². The number of halogens is 1. The van der Waals surface area contributed by atoms with Gasteiger partial charge in [-0.2, -0.15) is 5.10 Å². The number of aromatic nitrogens is 2. The molecule has 0 spiro atoms. The Balaban J connectivity index is 1.50. The molecule has 0 fully saturated rings. The number of benzene rings is 2. The van der Waals surface area contributed by atoms with Gasteiger partial charge in [0.1, 0.15) is 5.82 Å². The van der Waals surface area contributed by atoms with Gasteiger partial charge in [-0.05, 0) is 48.4 Å². The number of thiazole rings is 1. The molecule has 0 unspecified atom stereocenters. The summed E-state index contributed by atoms with van der Waals surface area (Å²) in [7, 11) is 0. The number of nitrogens with zero attached hydrogens (tertiary/aromatic N) is 3. The van der Waals surface area contributed by atoms with E-state index in [9.17, 15) is 4.39 Å². The van der Waals surface area contributed by atoms with Crippen LogP contribution in [0.1, 0.15) is 16.8 Å². The zero-order valence-corrected chi connectivity index (χ0v) is 15.0. The Morgan fingerprint density at radius 3 is 2.81 bits per heavy atom. The quantitative estimate of drug-likeness (QED) is 0.398. The first-order chi connectivity index (χ1) is 12.7. The number of hydrogen-bond acceptors (Lipinski definition) is 4. The van der Waals surface area contributed by atoms with E-state index in [1.54, 1.807) is 6.21 Å². The van der Waals surface area contributed by atoms with E-state index in [0.29, 0.717) is 6.54 Å². The van der Waals surface area contributed by atoms with Crippen molar-refractivity contribution in [3.8, 4) is 0 Å². The van der Waals surface area contributed by atoms with E-state index >= 15 is 0 Å². The Morgan fingerprint density at radius 1 is 1.19 bits per heavy atom. The Morgan fingerprint density at radius 2 is 2.04 bits per heavy atom. The second-order valence-corrected chi connectivity index (χ2v) is 6.91. The second kappa shape index (κ2) is 7.09. The van der Waals surface area contributed by atoms with Gasteiger partial charge in [0.15, 0.2) is 0 Å². The van der Waals surface area contributed by atoms with Crippen molar-refractivity contribution >= 4 is 33.6 Å². The van der Waals surface area contributed by atoms with Gasteiger partial charge in [0.2, 0.25) is 5.13 Å². The summed E-state index contributed by atoms with van der Waals surface area (Å²) in [5.74, 6) is -0.212. The Bertz CT molecular complexity index is 1060. The van der Waals surface area contributed by atoms with E-state index in [1.807, 2.05) is 36.7 Å². The minimum atomic E-state index is -0.212. The average Bonchev–Trinajstić information content (AvgIpc) is 3.23. The molecule has 26 heavy (non-hydrogen) atoms. The minimum Gasteiger partial charge on any atom is -0.343 e. The molecule has 0 aliphatic heterocycles. The van der Waals surface area contributed by atoms with Crippen molar-refractivity contribution in [1.82, 2.24) is 9.55 Å². The lowest BCUT2D eigenvalue weighted by molar-refractivity contribution is 0.626. The average molecular weight is 364 g/mol. The third-order valence-corrected chi connectivity index (χ3v) is 4.92. The van der Waals surface area contributed by atoms with Gasteiger partial charge >= 0.3 is 0 Å². The van der Waals surface area contributed by atoms with Crippen LogP contribution in [0.3, 0.4) is 0 Å². The molecule has 0 amide bonds. The largest absolute Gasteiger partial charge is 0.343 e. The number of fused-ring (bicyclic) bond motifs is 1. The van der Waals surface area contributed by atoms with Crippen LogP contribution in [-0.4, -0.2) is 15.8 Å². The van der Waals surface area contributed by atoms with Crippen molar-refractivity contribution in [2.75, 3.05) is 5.43 Å². The van der Waals surface area contributed by atoms with Crippen molar-refractivity contribution in [2.24, 2.45) is 5.10 Å². The number of nitrogens with one attached hydrogen (secondary N) is 1. The second-order valence-electron chi connectivity index (χ2n) is 6.05. The summed E-state index contributed by atoms with van der Waals surface area (Å²) in [5, 5.41) is 8.15. The molecule has 2 heterocycles. The van der Waals surface area contributed by atoms with Gasteiger partial charge in [-0.3, -0.25) is 5.43 Å². The molecule has 130 valence electrons. The van der Waals surface area contributed by atoms with Crippen LogP contribution in [-0.2, 0) is 6.54 Å². The SMILES string of the molecule is Cc1csc(NN=Cc2ccc3c(ccn3Cc3ccc(F)cc3)c2)n1. The van der Waals surface area contributed by atoms with Crippen molar-refractivity contribution in [3.63, 3.8) is 0 Å². The number of hydrogen-bond donors (Lipinski definition) is 1. The third-order valence-electron chi connectivity index (χ3n) is 4.05. The summed E-state index contributed by atoms with van der Waals surface area (Å²) in [6.07, 6.45) is 3.83. The molecule has 0 saturated carbocycles. The van der Waals surface area contributed by atoms with E-state index in [1.165, 1.54) is 23.5 Å². The molecule has 0 radical (unpaired) electrons. The van der Waals surface area contributed by atoms with E-state index in [2.05, 4.69) is 38.3 Å². The topological polar surface area (TPSA) is 42.2 Å². The van der Waals surface area contributed by atoms with Crippen molar-refractivity contribution < 1.29 is 4.39 Å². The van der Waals surface area contributed by atoms with Crippen LogP contribution in [0.2, 0.25) is 0 Å². The molecule has 4 aromatic rings. The van der Waals surface area contributed by atoms with E-state index in [4.69, 9.17) is 0 Å². The highest BCUT2D eigenvalue weighted by atomic mass is 32.1. The zero-order chi connectivity index (χ0) is 17.9. The maximum atomic E-state index is 13.0. The highest BCUT2D eigenvalue weighted by Gasteiger charge is 2.03. The maximum Gasteiger partial charge on any atom is 0.203 e. The molecule has 4 rings (SSSR count). The number of hydrazone groups is 1. The predicted octanol–water partition coefficient (Wildman–Crippen LogP) is 5.04. The van der Waals surface area contributed by atoms with Gasteiger partial charge in [-0.25, -0.2) is 9.37 Å². The Labute approximate surface area is 154 Å². The van der Waals surface area contributed by atoms with Crippen LogP contribution in [0.15, 0.2) is 65.2 Å². The van der Waals surface area contributed by atoms with Crippen LogP contribution >= 0.6 is 11.3 Å². The normalized spacial score (nSPS) is 11.5. The van der Waals surface area contributed by atoms with E-state index in [0.717, 1.165) is 32.9 Å². The minimum absolute atomic E-state index is 0.212. The third kappa shape index (κ3) is 3.65. The lowest BCUT2D eigenvalue weighted by atomic mass is 10.1. The molecule has 2 aromatic carbocycles. The van der Waals surface area contributed by atoms with Gasteiger partial charge in [0, 0.05) is 29.0 Å². The van der Waals surface area contributed by atoms with Crippen LogP contribution in [0, 0.1) is 12.7 Å². The first-order valence-corrected chi connectivity index (χ1v) is 9.10. The molecular formula is C20H17FN4S. The fourth-order valence-corrected chi connectivity index (χ4v) is 3.43. The van der Waals surface area contributed by atoms with Crippen LogP contribution < -0.4 is 5.43 Å². The molecule has 0 atom stereocenters. The van der Waals surface area contributed by atoms with Gasteiger partial charge in [-0.15, -0.1) is 11.3 Å². The first kappa shape index (κ1) is 16.5. The van der Waals surface area contributed by atoms with E-state index < -0.39 is 0 Å². The molecule has 1 N–H and O–H groups in total. The first-order valence-electron chi connectivity index (χ1n) is 8.22. The van der Waals surface area contributed by atoms with E-state index in [-0.39, 0.29) is 5.82 Å². The standard InChI is InChI=1S/C20H17FN4S/c1-14-13-26-20(23-14)24-22-11-16-4-7-19-17(10-16)8-9-25(19)12-15-2-5-18(21)6-3-15/h2-11,13H,12H2,1H3,(H,23,24). The maximum absolute atomic E-state index is 13.0. The lowest BCUT2D eigenvalue weighted by Gasteiger charge is -2.06. The summed E-state index contributed by atoms with van der Waals surface area (Å²) in [5.41, 5.74) is 7.14. The fourth-order valence-electron chi connectivity index (χ4n) is 2.79. The summed E-state index contributed by atoms with van der Waals surface area (Å²) < 4.78 is 15.2. The molecule has 0 aliphatic carbocycles. The smallest absolute Gasteiger partial charge is 0.203 e. The zero-order valence-electron chi connectivity index (χ0n) is 14.2. The van der Waals surface area contributed by atoms with Crippen molar-refractivity contribution in [2.45, 2.75) is 13.5 Å². The van der Waals surface area contributed by atoms with Crippen molar-refractivity contribution in [3.05, 3.63) is 82.7 Å². The highest BCUT2D eigenvalue weighted by molar-refractivity contribution is 7.13. The van der Waals surface area contributed by atoms with Crippen LogP contribution in [0.5, 0.6) is 0 Å². The summed E-state index contributed by atoms with van der Waals surface area (Å²) in [4.78, 5) is 4.31. The van der Waals surface area contributed by atoms with Gasteiger partial charge < -0.3 is 4.57 Å². The summed E-state index contributed by atoms with van der Waals surface area (Å²) in [6.45, 7) is 2.66. The highest BCUT2D eigenvalue weighted by Crippen LogP contribution is 2.19. The van der Waals surface area contributed by atoms with Gasteiger partial charge in [-0.1, -0.05) is 18.2 Å². The molecule has 0 saturated heterocycles. The number of rotatable bonds is 5. The number of aryl methyl sites for hydroxylation is 1. The predicted molar refractivity (Wildman–Crippen MR) is 106 cm³/mol. The summed E-state index contributed by atoms with van der Waals surface area (Å²) >= 11 is 1.53. The molecular weight excluding hydrogens is 347 g/mol. The Hall–Kier alpha value is -2.99. The fraction of sp³-hybridized carbons (Fsp3) is 0.100. The van der Waals surface area contributed by atoms with Gasteiger partial charge in [0.25, 0.3) is 0 Å². The molecule has 4 nitrogen and oxygen atoms in total. The summed E-state index contributed by atoms with van der Waals surface area (Å²) in [6, 6.07) is 14.9. The van der Waals surface area contributed by atoms with Crippen LogP contribution in [0.25, 0.3) is 10.9 Å². The Kier molecular flexibility index (Phi) is 4.50. The molecule has 0 bridgehead atoms. The number of anilines is 1. The molecule has 2 aromatic heterocycles. The van der Waals surface area contributed by atoms with Gasteiger partial charge in [0.05, 0.1) is 11.9 Å². The van der Waals surface area contributed by atoms with Crippen molar-refractivity contribution in [1.29, 1.82) is 0 Å². The lowest BCUT2D eigenvalue weighted by Crippen LogP contribution is -1.98. The monoisotopic (exact) mass is 364 g/mol. The molecule has 0 aliphatic rings.